The summed E-state index contributed by atoms with van der Waals surface area (Å²) in [6.45, 7) is 4.75. The van der Waals surface area contributed by atoms with Crippen molar-refractivity contribution in [1.82, 2.24) is 16.0 Å². The topological polar surface area (TPSA) is 287 Å². The highest BCUT2D eigenvalue weighted by Crippen LogP contribution is 2.30. The van der Waals surface area contributed by atoms with Gasteiger partial charge in [-0.15, -0.1) is 6.58 Å². The van der Waals surface area contributed by atoms with Gasteiger partial charge in [0.05, 0.1) is 19.8 Å². The maximum atomic E-state index is 11.9. The highest BCUT2D eigenvalue weighted by molar-refractivity contribution is 5.73. The fourth-order valence-electron chi connectivity index (χ4n) is 6.07. The summed E-state index contributed by atoms with van der Waals surface area (Å²) >= 11 is 0. The zero-order chi connectivity index (χ0) is 37.4. The summed E-state index contributed by atoms with van der Waals surface area (Å²) in [6.07, 6.45) is -20.8. The van der Waals surface area contributed by atoms with Gasteiger partial charge in [-0.1, -0.05) is 36.4 Å². The van der Waals surface area contributed by atoms with E-state index < -0.39 is 123 Å². The van der Waals surface area contributed by atoms with Gasteiger partial charge >= 0.3 is 0 Å². The van der Waals surface area contributed by atoms with E-state index in [1.54, 1.807) is 30.3 Å². The quantitative estimate of drug-likeness (QED) is 0.0595. The second kappa shape index (κ2) is 18.9. The number of hydrogen-bond acceptors (Lipinski definition) is 17. The van der Waals surface area contributed by atoms with Crippen molar-refractivity contribution < 1.29 is 78.9 Å². The Kier molecular flexibility index (Phi) is 15.2. The van der Waals surface area contributed by atoms with Crippen LogP contribution >= 0.6 is 0 Å². The Morgan fingerprint density at radius 2 is 1.41 bits per heavy atom. The average Bonchev–Trinajstić information content (AvgIpc) is 3.10. The van der Waals surface area contributed by atoms with E-state index in [9.17, 15) is 50.4 Å². The molecule has 3 heterocycles. The second-order valence-corrected chi connectivity index (χ2v) is 12.5. The lowest BCUT2D eigenvalue weighted by Crippen LogP contribution is -2.68. The van der Waals surface area contributed by atoms with E-state index in [0.29, 0.717) is 0 Å². The highest BCUT2D eigenvalue weighted by Gasteiger charge is 2.52. The molecule has 288 valence electrons. The first-order chi connectivity index (χ1) is 24.3. The minimum absolute atomic E-state index is 0.00368. The molecule has 0 aliphatic carbocycles. The van der Waals surface area contributed by atoms with Gasteiger partial charge in [0.2, 0.25) is 11.8 Å². The Morgan fingerprint density at radius 3 is 2.02 bits per heavy atom. The average molecular weight is 732 g/mol. The molecule has 2 amide bonds. The number of hydrogen-bond donors (Lipinski definition) is 11. The van der Waals surface area contributed by atoms with E-state index >= 15 is 0 Å². The van der Waals surface area contributed by atoms with Gasteiger partial charge in [0.15, 0.2) is 18.9 Å². The number of aliphatic hydroxyl groups is 8. The van der Waals surface area contributed by atoms with Crippen LogP contribution in [-0.4, -0.2) is 171 Å². The van der Waals surface area contributed by atoms with Crippen molar-refractivity contribution >= 4 is 11.8 Å². The minimum Gasteiger partial charge on any atom is -0.394 e. The van der Waals surface area contributed by atoms with Crippen molar-refractivity contribution in [2.75, 3.05) is 19.8 Å². The van der Waals surface area contributed by atoms with Crippen molar-refractivity contribution in [3.8, 4) is 0 Å². The van der Waals surface area contributed by atoms with Crippen molar-refractivity contribution in [2.45, 2.75) is 119 Å². The first-order valence-electron chi connectivity index (χ1n) is 16.4. The molecule has 1 aromatic rings. The van der Waals surface area contributed by atoms with Crippen LogP contribution in [0.4, 0.5) is 0 Å². The lowest BCUT2D eigenvalue weighted by atomic mass is 9.94. The Labute approximate surface area is 293 Å². The molecule has 3 aliphatic heterocycles. The van der Waals surface area contributed by atoms with Crippen LogP contribution in [0.1, 0.15) is 19.4 Å². The highest BCUT2D eigenvalue weighted by atomic mass is 16.7. The molecule has 0 bridgehead atoms. The van der Waals surface area contributed by atoms with Crippen molar-refractivity contribution in [2.24, 2.45) is 0 Å². The molecule has 19 heteroatoms. The maximum absolute atomic E-state index is 11.9. The van der Waals surface area contributed by atoms with Gasteiger partial charge in [0.1, 0.15) is 79.4 Å². The molecule has 16 atom stereocenters. The summed E-state index contributed by atoms with van der Waals surface area (Å²) in [5, 5.41) is 93.7. The molecule has 4 rings (SSSR count). The normalized spacial score (nSPS) is 39.1. The van der Waals surface area contributed by atoms with Crippen LogP contribution in [-0.2, 0) is 44.6 Å². The van der Waals surface area contributed by atoms with E-state index in [1.165, 1.54) is 19.9 Å². The molecule has 19 nitrogen and oxygen atoms in total. The molecule has 1 unspecified atom stereocenters. The minimum atomic E-state index is -1.88. The third-order valence-electron chi connectivity index (χ3n) is 8.67. The Bertz CT molecular complexity index is 1270. The molecule has 0 spiro atoms. The molecule has 1 aromatic carbocycles. The van der Waals surface area contributed by atoms with E-state index in [2.05, 4.69) is 22.5 Å². The summed E-state index contributed by atoms with van der Waals surface area (Å²) in [5.74, 6) is -1.09. The fraction of sp³-hybridized carbons (Fsp3) is 0.688. The third kappa shape index (κ3) is 10.3. The number of nitrogens with one attached hydrogen (secondary N) is 3. The van der Waals surface area contributed by atoms with Crippen molar-refractivity contribution in [1.29, 1.82) is 0 Å². The van der Waals surface area contributed by atoms with Gasteiger partial charge in [0, 0.05) is 20.4 Å². The number of carbonyl (C=O) groups excluding carboxylic acids is 2. The van der Waals surface area contributed by atoms with Gasteiger partial charge in [-0.25, -0.2) is 0 Å². The summed E-state index contributed by atoms with van der Waals surface area (Å²) in [4.78, 5) is 23.7. The third-order valence-corrected chi connectivity index (χ3v) is 8.67. The van der Waals surface area contributed by atoms with E-state index in [4.69, 9.17) is 28.4 Å². The molecule has 3 fully saturated rings. The largest absolute Gasteiger partial charge is 0.394 e. The summed E-state index contributed by atoms with van der Waals surface area (Å²) in [5.41, 5.74) is 0.739. The molecule has 0 saturated carbocycles. The zero-order valence-electron chi connectivity index (χ0n) is 28.1. The van der Waals surface area contributed by atoms with Gasteiger partial charge in [0.25, 0.3) is 0 Å². The zero-order valence-corrected chi connectivity index (χ0v) is 28.1. The van der Waals surface area contributed by atoms with Gasteiger partial charge < -0.3 is 79.9 Å². The second-order valence-electron chi connectivity index (χ2n) is 12.5. The van der Waals surface area contributed by atoms with Crippen molar-refractivity contribution in [3.05, 3.63) is 48.6 Å². The number of ether oxygens (including phenoxy) is 6. The van der Waals surface area contributed by atoms with Crippen LogP contribution in [0, 0.1) is 0 Å². The SMILES string of the molecule is C=CCO[C@@H]1O[C@H](CO)[C@@H](O[C@@H]2O[C@H](CNC(O)[C@H]3O[C@H](OCc4ccccc4)[C@H](NC(C)=O)[C@@H](O)[C@@H]3O)[C@H](O)[C@H](O)[C@H]2O)[C@H](O)[C@H]1NC(C)=O. The smallest absolute Gasteiger partial charge is 0.217 e. The summed E-state index contributed by atoms with van der Waals surface area (Å²) in [7, 11) is 0. The van der Waals surface area contributed by atoms with Crippen LogP contribution in [0.25, 0.3) is 0 Å². The number of carbonyl (C=O) groups is 2. The lowest BCUT2D eigenvalue weighted by Gasteiger charge is -2.47. The molecular formula is C32H49N3O16. The number of benzene rings is 1. The first-order valence-corrected chi connectivity index (χ1v) is 16.4. The molecule has 3 aliphatic rings. The monoisotopic (exact) mass is 731 g/mol. The number of amides is 2. The fourth-order valence-corrected chi connectivity index (χ4v) is 6.07. The van der Waals surface area contributed by atoms with Gasteiger partial charge in [-0.05, 0) is 5.56 Å². The predicted molar refractivity (Wildman–Crippen MR) is 171 cm³/mol. The van der Waals surface area contributed by atoms with Crippen molar-refractivity contribution in [3.63, 3.8) is 0 Å². The van der Waals surface area contributed by atoms with E-state index in [1.807, 2.05) is 0 Å². The Hall–Kier alpha value is -2.70. The molecule has 0 radical (unpaired) electrons. The number of aliphatic hydroxyl groups excluding tert-OH is 8. The molecule has 3 saturated heterocycles. The van der Waals surface area contributed by atoms with Crippen LogP contribution in [0.3, 0.4) is 0 Å². The van der Waals surface area contributed by atoms with Crippen LogP contribution in [0.15, 0.2) is 43.0 Å². The standard InChI is InChI=1S/C32H49N3O16/c1-4-10-46-30-20(35-15(3)38)23(41)27(18(12-36)49-30)50-32-26(44)24(42)21(39)17(48-32)11-33-29(45)28-25(43)22(40)19(34-14(2)37)31(51-28)47-13-16-8-6-5-7-9-16/h4-9,17-33,36,39-45H,1,10-13H2,2-3H3,(H,34,37)(H,35,38)/t17-,18-,19-,20-,21+,22-,23-,24+,25+,26-,27-,28+,29?,30-,31+,32+/m1/s1. The maximum Gasteiger partial charge on any atom is 0.217 e. The van der Waals surface area contributed by atoms with Crippen LogP contribution in [0.2, 0.25) is 0 Å². The number of rotatable bonds is 15. The molecule has 0 aromatic heterocycles. The predicted octanol–water partition coefficient (Wildman–Crippen LogP) is -4.96. The van der Waals surface area contributed by atoms with E-state index in [-0.39, 0.29) is 13.2 Å². The summed E-state index contributed by atoms with van der Waals surface area (Å²) in [6, 6.07) is 6.50. The van der Waals surface area contributed by atoms with Crippen LogP contribution in [0.5, 0.6) is 0 Å². The summed E-state index contributed by atoms with van der Waals surface area (Å²) < 4.78 is 34.4. The Balaban J connectivity index is 1.44. The van der Waals surface area contributed by atoms with Gasteiger partial charge in [-0.2, -0.15) is 0 Å². The molecule has 51 heavy (non-hydrogen) atoms. The lowest BCUT2D eigenvalue weighted by molar-refractivity contribution is -0.345. The molecule has 11 N–H and O–H groups in total. The van der Waals surface area contributed by atoms with Crippen LogP contribution < -0.4 is 16.0 Å². The first kappa shape index (κ1) is 41.1. The van der Waals surface area contributed by atoms with Gasteiger partial charge in [-0.3, -0.25) is 14.9 Å². The molecular weight excluding hydrogens is 682 g/mol. The van der Waals surface area contributed by atoms with E-state index in [0.717, 1.165) is 5.56 Å². The Morgan fingerprint density at radius 1 is 0.804 bits per heavy atom.